The van der Waals surface area contributed by atoms with Crippen LogP contribution in [0.15, 0.2) is 0 Å². The Bertz CT molecular complexity index is 492. The predicted octanol–water partition coefficient (Wildman–Crippen LogP) is 0.557. The Morgan fingerprint density at radius 2 is 2.05 bits per heavy atom. The van der Waals surface area contributed by atoms with E-state index in [9.17, 15) is 9.59 Å². The summed E-state index contributed by atoms with van der Waals surface area (Å²) in [5.41, 5.74) is 2.31. The average Bonchev–Trinajstić information content (AvgIpc) is 2.80. The molecule has 8 heteroatoms. The molecule has 1 aromatic heterocycles. The highest BCUT2D eigenvalue weighted by Crippen LogP contribution is 2.16. The van der Waals surface area contributed by atoms with Gasteiger partial charge in [0.25, 0.3) is 0 Å². The largest absolute Gasteiger partial charge is 0.378 e. The summed E-state index contributed by atoms with van der Waals surface area (Å²) >= 11 is 1.32. The summed E-state index contributed by atoms with van der Waals surface area (Å²) in [7, 11) is 0. The molecule has 1 saturated heterocycles. The van der Waals surface area contributed by atoms with Crippen molar-refractivity contribution in [2.75, 3.05) is 43.1 Å². The van der Waals surface area contributed by atoms with E-state index in [1.165, 1.54) is 11.8 Å². The van der Waals surface area contributed by atoms with Gasteiger partial charge in [0, 0.05) is 13.1 Å². The van der Waals surface area contributed by atoms with E-state index < -0.39 is 0 Å². The zero-order valence-electron chi connectivity index (χ0n) is 12.3. The minimum Gasteiger partial charge on any atom is -0.378 e. The quantitative estimate of drug-likeness (QED) is 0.829. The minimum absolute atomic E-state index is 0.0618. The minimum atomic E-state index is -0.123. The van der Waals surface area contributed by atoms with Gasteiger partial charge in [-0.1, -0.05) is 0 Å². The Morgan fingerprint density at radius 1 is 1.33 bits per heavy atom. The number of hydrogen-bond donors (Lipinski definition) is 2. The second-order valence-electron chi connectivity index (χ2n) is 4.84. The SMILES string of the molecule is Cc1n[nH]c(C)c1NC(=O)CSCC(=O)N1CCOCC1. The van der Waals surface area contributed by atoms with E-state index in [1.807, 2.05) is 13.8 Å². The van der Waals surface area contributed by atoms with E-state index in [0.29, 0.717) is 32.1 Å². The normalized spacial score (nSPS) is 15.0. The standard InChI is InChI=1S/C13H20N4O3S/c1-9-13(10(2)16-15-9)14-11(18)7-21-8-12(19)17-3-5-20-6-4-17/h3-8H2,1-2H3,(H,14,18)(H,15,16). The molecular formula is C13H20N4O3S. The van der Waals surface area contributed by atoms with Gasteiger partial charge in [0.1, 0.15) is 0 Å². The number of morpholine rings is 1. The van der Waals surface area contributed by atoms with Crippen LogP contribution >= 0.6 is 11.8 Å². The number of carbonyl (C=O) groups is 2. The van der Waals surface area contributed by atoms with Crippen molar-refractivity contribution >= 4 is 29.3 Å². The van der Waals surface area contributed by atoms with Gasteiger partial charge in [0.15, 0.2) is 0 Å². The van der Waals surface area contributed by atoms with Crippen LogP contribution in [0.25, 0.3) is 0 Å². The topological polar surface area (TPSA) is 87.3 Å². The monoisotopic (exact) mass is 312 g/mol. The summed E-state index contributed by atoms with van der Waals surface area (Å²) in [6, 6.07) is 0. The fraction of sp³-hybridized carbons (Fsp3) is 0.615. The van der Waals surface area contributed by atoms with Gasteiger partial charge in [0.2, 0.25) is 11.8 Å². The van der Waals surface area contributed by atoms with Gasteiger partial charge < -0.3 is 15.0 Å². The number of aromatic amines is 1. The molecule has 0 atom stereocenters. The number of hydrogen-bond acceptors (Lipinski definition) is 5. The van der Waals surface area contributed by atoms with Crippen LogP contribution in [0.2, 0.25) is 0 Å². The van der Waals surface area contributed by atoms with Crippen LogP contribution in [0.3, 0.4) is 0 Å². The van der Waals surface area contributed by atoms with E-state index in [-0.39, 0.29) is 17.6 Å². The summed E-state index contributed by atoms with van der Waals surface area (Å²) in [5, 5.41) is 9.65. The number of aryl methyl sites for hydroxylation is 2. The summed E-state index contributed by atoms with van der Waals surface area (Å²) < 4.78 is 5.20. The van der Waals surface area contributed by atoms with Gasteiger partial charge in [-0.3, -0.25) is 14.7 Å². The van der Waals surface area contributed by atoms with Crippen LogP contribution < -0.4 is 5.32 Å². The maximum atomic E-state index is 11.9. The molecule has 2 rings (SSSR count). The fourth-order valence-electron chi connectivity index (χ4n) is 2.05. The molecule has 1 aliphatic rings. The Kier molecular flexibility index (Phi) is 5.63. The smallest absolute Gasteiger partial charge is 0.234 e. The molecule has 2 heterocycles. The van der Waals surface area contributed by atoms with Crippen LogP contribution in [-0.2, 0) is 14.3 Å². The Balaban J connectivity index is 1.70. The molecule has 0 aliphatic carbocycles. The third-order valence-electron chi connectivity index (χ3n) is 3.22. The third kappa shape index (κ3) is 4.47. The maximum Gasteiger partial charge on any atom is 0.234 e. The number of H-pyrrole nitrogens is 1. The lowest BCUT2D eigenvalue weighted by Gasteiger charge is -2.26. The molecule has 1 aromatic rings. The first kappa shape index (κ1) is 15.8. The summed E-state index contributed by atoms with van der Waals surface area (Å²) in [6.45, 7) is 6.14. The lowest BCUT2D eigenvalue weighted by molar-refractivity contribution is -0.132. The highest BCUT2D eigenvalue weighted by Gasteiger charge is 2.17. The molecule has 116 valence electrons. The summed E-state index contributed by atoms with van der Waals surface area (Å²) in [6.07, 6.45) is 0. The van der Waals surface area contributed by atoms with Gasteiger partial charge in [-0.15, -0.1) is 11.8 Å². The first-order valence-corrected chi connectivity index (χ1v) is 7.98. The van der Waals surface area contributed by atoms with Gasteiger partial charge >= 0.3 is 0 Å². The molecule has 0 aromatic carbocycles. The van der Waals surface area contributed by atoms with E-state index in [2.05, 4.69) is 15.5 Å². The number of rotatable bonds is 5. The molecule has 0 bridgehead atoms. The summed E-state index contributed by atoms with van der Waals surface area (Å²) in [5.74, 6) is 0.505. The van der Waals surface area contributed by atoms with Crippen LogP contribution in [0.5, 0.6) is 0 Å². The molecule has 1 fully saturated rings. The third-order valence-corrected chi connectivity index (χ3v) is 4.13. The number of aromatic nitrogens is 2. The van der Waals surface area contributed by atoms with Gasteiger partial charge in [-0.2, -0.15) is 5.10 Å². The zero-order chi connectivity index (χ0) is 15.2. The molecule has 21 heavy (non-hydrogen) atoms. The number of thioether (sulfide) groups is 1. The molecule has 0 saturated carbocycles. The highest BCUT2D eigenvalue weighted by molar-refractivity contribution is 8.00. The molecule has 7 nitrogen and oxygen atoms in total. The van der Waals surface area contributed by atoms with E-state index in [0.717, 1.165) is 17.1 Å². The van der Waals surface area contributed by atoms with Crippen LogP contribution in [0, 0.1) is 13.8 Å². The lowest BCUT2D eigenvalue weighted by atomic mass is 10.3. The first-order chi connectivity index (χ1) is 10.1. The Hall–Kier alpha value is -1.54. The van der Waals surface area contributed by atoms with Crippen molar-refractivity contribution in [3.8, 4) is 0 Å². The average molecular weight is 312 g/mol. The van der Waals surface area contributed by atoms with Crippen molar-refractivity contribution in [3.05, 3.63) is 11.4 Å². The first-order valence-electron chi connectivity index (χ1n) is 6.82. The Labute approximate surface area is 127 Å². The number of anilines is 1. The number of ether oxygens (including phenoxy) is 1. The van der Waals surface area contributed by atoms with Crippen molar-refractivity contribution in [2.45, 2.75) is 13.8 Å². The van der Waals surface area contributed by atoms with Crippen molar-refractivity contribution < 1.29 is 14.3 Å². The summed E-state index contributed by atoms with van der Waals surface area (Å²) in [4.78, 5) is 25.5. The predicted molar refractivity (Wildman–Crippen MR) is 81.4 cm³/mol. The van der Waals surface area contributed by atoms with Crippen molar-refractivity contribution in [2.24, 2.45) is 0 Å². The fourth-order valence-corrected chi connectivity index (χ4v) is 2.76. The second kappa shape index (κ2) is 7.46. The van der Waals surface area contributed by atoms with Crippen LogP contribution in [0.1, 0.15) is 11.4 Å². The zero-order valence-corrected chi connectivity index (χ0v) is 13.1. The molecular weight excluding hydrogens is 292 g/mol. The Morgan fingerprint density at radius 3 is 2.67 bits per heavy atom. The molecule has 2 N–H and O–H groups in total. The molecule has 0 unspecified atom stereocenters. The highest BCUT2D eigenvalue weighted by atomic mass is 32.2. The number of nitrogens with zero attached hydrogens (tertiary/aromatic N) is 2. The second-order valence-corrected chi connectivity index (χ2v) is 5.83. The number of nitrogens with one attached hydrogen (secondary N) is 2. The molecule has 0 radical (unpaired) electrons. The number of amides is 2. The lowest BCUT2D eigenvalue weighted by Crippen LogP contribution is -2.41. The maximum absolute atomic E-state index is 11.9. The molecule has 1 aliphatic heterocycles. The van der Waals surface area contributed by atoms with Crippen LogP contribution in [-0.4, -0.2) is 64.7 Å². The van der Waals surface area contributed by atoms with Gasteiger partial charge in [-0.25, -0.2) is 0 Å². The number of carbonyl (C=O) groups excluding carboxylic acids is 2. The van der Waals surface area contributed by atoms with Gasteiger partial charge in [0.05, 0.1) is 41.8 Å². The van der Waals surface area contributed by atoms with Crippen molar-refractivity contribution in [1.82, 2.24) is 15.1 Å². The van der Waals surface area contributed by atoms with E-state index in [1.54, 1.807) is 4.90 Å². The van der Waals surface area contributed by atoms with E-state index >= 15 is 0 Å². The van der Waals surface area contributed by atoms with Crippen molar-refractivity contribution in [3.63, 3.8) is 0 Å². The van der Waals surface area contributed by atoms with Crippen molar-refractivity contribution in [1.29, 1.82) is 0 Å². The van der Waals surface area contributed by atoms with Gasteiger partial charge in [-0.05, 0) is 13.8 Å². The molecule has 0 spiro atoms. The van der Waals surface area contributed by atoms with E-state index in [4.69, 9.17) is 4.74 Å². The van der Waals surface area contributed by atoms with Crippen LogP contribution in [0.4, 0.5) is 5.69 Å². The molecule has 2 amide bonds.